The summed E-state index contributed by atoms with van der Waals surface area (Å²) in [5.74, 6) is 0.137. The van der Waals surface area contributed by atoms with Gasteiger partial charge in [0, 0.05) is 11.9 Å². The van der Waals surface area contributed by atoms with Gasteiger partial charge in [-0.2, -0.15) is 4.31 Å². The number of carbonyl (C=O) groups excluding carboxylic acids is 1. The van der Waals surface area contributed by atoms with Crippen LogP contribution in [0.2, 0.25) is 4.34 Å². The van der Waals surface area contributed by atoms with Crippen LogP contribution >= 0.6 is 22.9 Å². The standard InChI is InChI=1S/C20H21ClN2O4S2/c1-15-5-8-18(9-6-15)29(25,26)23(12-16-4-3-11-27-16)14-20(24)22(2)13-17-7-10-19(21)28-17/h3-11H,12-14H2,1-2H3. The molecule has 0 radical (unpaired) electrons. The predicted octanol–water partition coefficient (Wildman–Crippen LogP) is 4.15. The summed E-state index contributed by atoms with van der Waals surface area (Å²) >= 11 is 7.33. The zero-order valence-corrected chi connectivity index (χ0v) is 18.4. The number of halogens is 1. The highest BCUT2D eigenvalue weighted by Crippen LogP contribution is 2.23. The normalized spacial score (nSPS) is 11.7. The van der Waals surface area contributed by atoms with Crippen LogP contribution in [-0.4, -0.2) is 37.1 Å². The minimum absolute atomic E-state index is 0.0341. The summed E-state index contributed by atoms with van der Waals surface area (Å²) < 4.78 is 33.5. The molecule has 0 atom stereocenters. The van der Waals surface area contributed by atoms with E-state index < -0.39 is 10.0 Å². The average molecular weight is 453 g/mol. The van der Waals surface area contributed by atoms with Crippen molar-refractivity contribution in [3.05, 3.63) is 75.3 Å². The molecule has 0 saturated carbocycles. The zero-order valence-electron chi connectivity index (χ0n) is 16.0. The third-order valence-corrected chi connectivity index (χ3v) is 7.35. The number of hydrogen-bond acceptors (Lipinski definition) is 5. The van der Waals surface area contributed by atoms with Gasteiger partial charge < -0.3 is 9.32 Å². The van der Waals surface area contributed by atoms with Gasteiger partial charge in [0.25, 0.3) is 0 Å². The van der Waals surface area contributed by atoms with Crippen LogP contribution in [0.5, 0.6) is 0 Å². The second-order valence-corrected chi connectivity index (χ2v) is 10.4. The second-order valence-electron chi connectivity index (χ2n) is 6.62. The SMILES string of the molecule is Cc1ccc(S(=O)(=O)N(CC(=O)N(C)Cc2ccc(Cl)s2)Cc2ccco2)cc1. The van der Waals surface area contributed by atoms with Crippen molar-refractivity contribution in [1.29, 1.82) is 0 Å². The van der Waals surface area contributed by atoms with Crippen LogP contribution in [0.25, 0.3) is 0 Å². The average Bonchev–Trinajstić information content (AvgIpc) is 3.33. The highest BCUT2D eigenvalue weighted by Gasteiger charge is 2.28. The molecule has 6 nitrogen and oxygen atoms in total. The number of rotatable bonds is 8. The largest absolute Gasteiger partial charge is 0.468 e. The molecule has 0 fully saturated rings. The maximum atomic E-state index is 13.2. The van der Waals surface area contributed by atoms with E-state index in [-0.39, 0.29) is 23.9 Å². The molecular weight excluding hydrogens is 432 g/mol. The first-order valence-electron chi connectivity index (χ1n) is 8.83. The molecule has 0 saturated heterocycles. The van der Waals surface area contributed by atoms with E-state index in [0.717, 1.165) is 14.7 Å². The smallest absolute Gasteiger partial charge is 0.243 e. The Bertz CT molecular complexity index is 1060. The number of nitrogens with zero attached hydrogens (tertiary/aromatic N) is 2. The lowest BCUT2D eigenvalue weighted by atomic mass is 10.2. The Kier molecular flexibility index (Phi) is 6.79. The van der Waals surface area contributed by atoms with E-state index in [0.29, 0.717) is 16.6 Å². The molecule has 0 aliphatic rings. The van der Waals surface area contributed by atoms with Gasteiger partial charge in [0.15, 0.2) is 0 Å². The molecule has 3 rings (SSSR count). The number of hydrogen-bond donors (Lipinski definition) is 0. The van der Waals surface area contributed by atoms with Crippen molar-refractivity contribution in [3.8, 4) is 0 Å². The highest BCUT2D eigenvalue weighted by atomic mass is 35.5. The fourth-order valence-corrected chi connectivity index (χ4v) is 5.19. The Labute approximate surface area is 179 Å². The molecule has 0 spiro atoms. The van der Waals surface area contributed by atoms with E-state index in [4.69, 9.17) is 16.0 Å². The molecule has 0 bridgehead atoms. The molecule has 3 aromatic rings. The Morgan fingerprint density at radius 3 is 2.41 bits per heavy atom. The number of sulfonamides is 1. The van der Waals surface area contributed by atoms with Gasteiger partial charge in [-0.25, -0.2) is 8.42 Å². The lowest BCUT2D eigenvalue weighted by Crippen LogP contribution is -2.40. The quantitative estimate of drug-likeness (QED) is 0.514. The topological polar surface area (TPSA) is 70.8 Å². The summed E-state index contributed by atoms with van der Waals surface area (Å²) in [6.45, 7) is 1.90. The minimum atomic E-state index is -3.88. The molecule has 2 heterocycles. The molecular formula is C20H21ClN2O4S2. The number of carbonyl (C=O) groups is 1. The Balaban J connectivity index is 1.81. The van der Waals surface area contributed by atoms with Gasteiger partial charge in [-0.3, -0.25) is 4.79 Å². The lowest BCUT2D eigenvalue weighted by molar-refractivity contribution is -0.130. The summed E-state index contributed by atoms with van der Waals surface area (Å²) in [7, 11) is -2.25. The Morgan fingerprint density at radius 2 is 1.83 bits per heavy atom. The van der Waals surface area contributed by atoms with Crippen molar-refractivity contribution in [2.75, 3.05) is 13.6 Å². The van der Waals surface area contributed by atoms with E-state index in [2.05, 4.69) is 0 Å². The van der Waals surface area contributed by atoms with Gasteiger partial charge in [0.05, 0.1) is 35.1 Å². The maximum absolute atomic E-state index is 13.2. The van der Waals surface area contributed by atoms with Gasteiger partial charge in [-0.1, -0.05) is 29.3 Å². The van der Waals surface area contributed by atoms with Crippen LogP contribution in [-0.2, 0) is 27.9 Å². The summed E-state index contributed by atoms with van der Waals surface area (Å²) in [5.41, 5.74) is 0.951. The number of thiophene rings is 1. The number of furan rings is 1. The maximum Gasteiger partial charge on any atom is 0.243 e. The van der Waals surface area contributed by atoms with Crippen LogP contribution in [0.15, 0.2) is 64.1 Å². The predicted molar refractivity (Wildman–Crippen MR) is 113 cm³/mol. The van der Waals surface area contributed by atoms with Gasteiger partial charge in [-0.15, -0.1) is 11.3 Å². The minimum Gasteiger partial charge on any atom is -0.468 e. The van der Waals surface area contributed by atoms with Crippen LogP contribution < -0.4 is 0 Å². The third kappa shape index (κ3) is 5.48. The van der Waals surface area contributed by atoms with Gasteiger partial charge in [-0.05, 0) is 43.3 Å². The van der Waals surface area contributed by atoms with Crippen LogP contribution in [0, 0.1) is 6.92 Å². The fraction of sp³-hybridized carbons (Fsp3) is 0.250. The highest BCUT2D eigenvalue weighted by molar-refractivity contribution is 7.89. The molecule has 0 aliphatic heterocycles. The van der Waals surface area contributed by atoms with E-state index in [1.165, 1.54) is 22.5 Å². The van der Waals surface area contributed by atoms with E-state index in [1.54, 1.807) is 49.5 Å². The molecule has 0 aliphatic carbocycles. The number of aryl methyl sites for hydroxylation is 1. The molecule has 9 heteroatoms. The van der Waals surface area contributed by atoms with Crippen molar-refractivity contribution in [1.82, 2.24) is 9.21 Å². The van der Waals surface area contributed by atoms with E-state index in [1.807, 2.05) is 13.0 Å². The molecule has 1 amide bonds. The molecule has 154 valence electrons. The molecule has 1 aromatic carbocycles. The number of likely N-dealkylation sites (N-methyl/N-ethyl adjacent to an activating group) is 1. The monoisotopic (exact) mass is 452 g/mol. The fourth-order valence-electron chi connectivity index (χ4n) is 2.69. The number of benzene rings is 1. The van der Waals surface area contributed by atoms with Crippen molar-refractivity contribution in [3.63, 3.8) is 0 Å². The Morgan fingerprint density at radius 1 is 1.10 bits per heavy atom. The van der Waals surface area contributed by atoms with Crippen molar-refractivity contribution in [2.45, 2.75) is 24.9 Å². The molecule has 0 N–H and O–H groups in total. The summed E-state index contributed by atoms with van der Waals surface area (Å²) in [5, 5.41) is 0. The van der Waals surface area contributed by atoms with Crippen LogP contribution in [0.3, 0.4) is 0 Å². The lowest BCUT2D eigenvalue weighted by Gasteiger charge is -2.24. The molecule has 29 heavy (non-hydrogen) atoms. The summed E-state index contributed by atoms with van der Waals surface area (Å²) in [6, 6.07) is 13.5. The summed E-state index contributed by atoms with van der Waals surface area (Å²) in [4.78, 5) is 15.3. The van der Waals surface area contributed by atoms with E-state index in [9.17, 15) is 13.2 Å². The first-order chi connectivity index (χ1) is 13.8. The first kappa shape index (κ1) is 21.6. The second kappa shape index (κ2) is 9.13. The van der Waals surface area contributed by atoms with Gasteiger partial charge in [0.2, 0.25) is 15.9 Å². The third-order valence-electron chi connectivity index (χ3n) is 4.33. The van der Waals surface area contributed by atoms with Crippen molar-refractivity contribution >= 4 is 38.9 Å². The summed E-state index contributed by atoms with van der Waals surface area (Å²) in [6.07, 6.45) is 1.47. The van der Waals surface area contributed by atoms with Gasteiger partial charge >= 0.3 is 0 Å². The van der Waals surface area contributed by atoms with Crippen molar-refractivity contribution < 1.29 is 17.6 Å². The molecule has 2 aromatic heterocycles. The van der Waals surface area contributed by atoms with Crippen LogP contribution in [0.4, 0.5) is 0 Å². The van der Waals surface area contributed by atoms with E-state index >= 15 is 0 Å². The van der Waals surface area contributed by atoms with Crippen molar-refractivity contribution in [2.24, 2.45) is 0 Å². The Hall–Kier alpha value is -2.13. The zero-order chi connectivity index (χ0) is 21.0. The molecule has 0 unspecified atom stereocenters. The number of amides is 1. The first-order valence-corrected chi connectivity index (χ1v) is 11.5. The van der Waals surface area contributed by atoms with Gasteiger partial charge in [0.1, 0.15) is 5.76 Å². The van der Waals surface area contributed by atoms with Crippen LogP contribution in [0.1, 0.15) is 16.2 Å².